The van der Waals surface area contributed by atoms with Gasteiger partial charge in [-0.1, -0.05) is 0 Å². The minimum atomic E-state index is -0.601. The van der Waals surface area contributed by atoms with Crippen LogP contribution in [0.3, 0.4) is 0 Å². The molecule has 1 saturated heterocycles. The molecule has 2 N–H and O–H groups in total. The number of benzene rings is 1. The first-order valence-electron chi connectivity index (χ1n) is 9.80. The Morgan fingerprint density at radius 1 is 1.43 bits per heavy atom. The number of nitrogens with zero attached hydrogens (tertiary/aromatic N) is 3. The number of carbonyl (C=O) groups is 2. The number of furan rings is 1. The van der Waals surface area contributed by atoms with Crippen LogP contribution in [0.4, 0.5) is 0 Å². The Hall–Kier alpha value is -3.33. The van der Waals surface area contributed by atoms with Gasteiger partial charge in [0.15, 0.2) is 0 Å². The molecular weight excluding hydrogens is 388 g/mol. The van der Waals surface area contributed by atoms with Crippen molar-refractivity contribution in [3.8, 4) is 5.75 Å². The summed E-state index contributed by atoms with van der Waals surface area (Å²) in [5.74, 6) is 1.30. The van der Waals surface area contributed by atoms with E-state index < -0.39 is 6.04 Å². The van der Waals surface area contributed by atoms with E-state index in [1.807, 2.05) is 17.8 Å². The summed E-state index contributed by atoms with van der Waals surface area (Å²) < 4.78 is 13.4. The summed E-state index contributed by atoms with van der Waals surface area (Å²) in [4.78, 5) is 31.1. The minimum absolute atomic E-state index is 0.0983. The molecule has 1 aromatic carbocycles. The number of aromatic nitrogens is 2. The van der Waals surface area contributed by atoms with E-state index in [0.717, 1.165) is 5.82 Å². The molecule has 2 amide bonds. The molecule has 3 aromatic rings. The fraction of sp³-hybridized carbons (Fsp3) is 0.381. The van der Waals surface area contributed by atoms with Crippen LogP contribution in [0.25, 0.3) is 11.0 Å². The number of ether oxygens (including phenoxy) is 1. The van der Waals surface area contributed by atoms with Crippen LogP contribution in [0.5, 0.6) is 5.75 Å². The second-order valence-corrected chi connectivity index (χ2v) is 7.30. The van der Waals surface area contributed by atoms with Crippen LogP contribution in [0.1, 0.15) is 28.4 Å². The highest BCUT2D eigenvalue weighted by Gasteiger charge is 2.33. The van der Waals surface area contributed by atoms with Gasteiger partial charge in [0.05, 0.1) is 12.2 Å². The fourth-order valence-corrected chi connectivity index (χ4v) is 3.70. The summed E-state index contributed by atoms with van der Waals surface area (Å²) in [5.41, 5.74) is 0.961. The van der Waals surface area contributed by atoms with Crippen LogP contribution < -0.4 is 10.1 Å². The van der Waals surface area contributed by atoms with E-state index in [4.69, 9.17) is 14.3 Å². The first kappa shape index (κ1) is 20.0. The molecular formula is C21H24N4O5. The number of hydrogen-bond acceptors (Lipinski definition) is 6. The zero-order valence-electron chi connectivity index (χ0n) is 16.9. The van der Waals surface area contributed by atoms with Gasteiger partial charge in [-0.05, 0) is 31.5 Å². The van der Waals surface area contributed by atoms with Crippen molar-refractivity contribution < 1.29 is 23.8 Å². The lowest BCUT2D eigenvalue weighted by Gasteiger charge is -2.15. The Morgan fingerprint density at radius 3 is 3.00 bits per heavy atom. The third-order valence-corrected chi connectivity index (χ3v) is 5.32. The predicted molar refractivity (Wildman–Crippen MR) is 108 cm³/mol. The predicted octanol–water partition coefficient (Wildman–Crippen LogP) is 1.38. The number of hydrogen-bond donors (Lipinski definition) is 2. The van der Waals surface area contributed by atoms with Gasteiger partial charge in [0.25, 0.3) is 5.91 Å². The molecule has 1 aliphatic heterocycles. The van der Waals surface area contributed by atoms with E-state index in [0.29, 0.717) is 47.6 Å². The number of imidazole rings is 1. The Balaban J connectivity index is 1.53. The topological polar surface area (TPSA) is 110 Å². The highest BCUT2D eigenvalue weighted by molar-refractivity contribution is 6.08. The number of carbonyl (C=O) groups excluding carboxylic acids is 2. The molecule has 9 heteroatoms. The summed E-state index contributed by atoms with van der Waals surface area (Å²) in [6.45, 7) is 2.71. The number of rotatable bonds is 7. The average molecular weight is 412 g/mol. The molecule has 1 fully saturated rings. The number of likely N-dealkylation sites (tertiary alicyclic amines) is 1. The van der Waals surface area contributed by atoms with Crippen LogP contribution in [-0.2, 0) is 18.4 Å². The van der Waals surface area contributed by atoms with Crippen LogP contribution in [0.15, 0.2) is 35.0 Å². The molecule has 0 spiro atoms. The van der Waals surface area contributed by atoms with Gasteiger partial charge in [0.1, 0.15) is 35.6 Å². The first-order chi connectivity index (χ1) is 14.5. The minimum Gasteiger partial charge on any atom is -0.486 e. The zero-order chi connectivity index (χ0) is 21.3. The molecule has 3 heterocycles. The van der Waals surface area contributed by atoms with Gasteiger partial charge in [0.2, 0.25) is 5.91 Å². The molecule has 0 aliphatic carbocycles. The quantitative estimate of drug-likeness (QED) is 0.607. The zero-order valence-corrected chi connectivity index (χ0v) is 16.9. The molecule has 2 aromatic heterocycles. The standard InChI is InChI=1S/C21H24N4O5/c1-13-19(20(27)23-16-5-7-25(9-10-26)21(16)28)15-11-14(3-4-17(15)30-13)29-12-18-22-6-8-24(18)2/h3-4,6,8,11,16,26H,5,7,9-10,12H2,1-2H3,(H,23,27). The lowest BCUT2D eigenvalue weighted by atomic mass is 10.1. The van der Waals surface area contributed by atoms with Gasteiger partial charge in [0, 0.05) is 37.9 Å². The number of amides is 2. The number of aryl methyl sites for hydroxylation is 2. The fourth-order valence-electron chi connectivity index (χ4n) is 3.70. The van der Waals surface area contributed by atoms with Crippen LogP contribution in [-0.4, -0.2) is 57.1 Å². The number of fused-ring (bicyclic) bond motifs is 1. The van der Waals surface area contributed by atoms with Gasteiger partial charge < -0.3 is 29.0 Å². The normalized spacial score (nSPS) is 16.4. The monoisotopic (exact) mass is 412 g/mol. The average Bonchev–Trinajstić information content (AvgIpc) is 3.38. The largest absolute Gasteiger partial charge is 0.486 e. The van der Waals surface area contributed by atoms with Crippen molar-refractivity contribution in [2.45, 2.75) is 26.0 Å². The third-order valence-electron chi connectivity index (χ3n) is 5.32. The molecule has 1 atom stereocenters. The van der Waals surface area contributed by atoms with E-state index in [2.05, 4.69) is 10.3 Å². The molecule has 9 nitrogen and oxygen atoms in total. The van der Waals surface area contributed by atoms with Gasteiger partial charge in [-0.15, -0.1) is 0 Å². The van der Waals surface area contributed by atoms with Gasteiger partial charge >= 0.3 is 0 Å². The molecule has 1 aliphatic rings. The number of aliphatic hydroxyl groups excluding tert-OH is 1. The van der Waals surface area contributed by atoms with Gasteiger partial charge in [-0.25, -0.2) is 4.98 Å². The van der Waals surface area contributed by atoms with Crippen LogP contribution in [0.2, 0.25) is 0 Å². The van der Waals surface area contributed by atoms with E-state index in [9.17, 15) is 9.59 Å². The molecule has 0 saturated carbocycles. The summed E-state index contributed by atoms with van der Waals surface area (Å²) >= 11 is 0. The number of β-amino-alcohol motifs (C(OH)–C–C–N with tert-alkyl or cyclic N) is 1. The smallest absolute Gasteiger partial charge is 0.256 e. The highest BCUT2D eigenvalue weighted by Crippen LogP contribution is 2.29. The van der Waals surface area contributed by atoms with Crippen molar-refractivity contribution in [1.29, 1.82) is 0 Å². The molecule has 0 bridgehead atoms. The SMILES string of the molecule is Cc1oc2ccc(OCc3nccn3C)cc2c1C(=O)NC1CCN(CCO)C1=O. The summed E-state index contributed by atoms with van der Waals surface area (Å²) in [6, 6.07) is 4.70. The maximum atomic E-state index is 13.0. The van der Waals surface area contributed by atoms with Crippen molar-refractivity contribution in [2.24, 2.45) is 7.05 Å². The van der Waals surface area contributed by atoms with Crippen LogP contribution in [0, 0.1) is 6.92 Å². The van der Waals surface area contributed by atoms with E-state index in [1.165, 1.54) is 0 Å². The molecule has 1 unspecified atom stereocenters. The van der Waals surface area contributed by atoms with E-state index in [-0.39, 0.29) is 25.0 Å². The second-order valence-electron chi connectivity index (χ2n) is 7.30. The van der Waals surface area contributed by atoms with Crippen molar-refractivity contribution in [3.63, 3.8) is 0 Å². The van der Waals surface area contributed by atoms with Crippen molar-refractivity contribution in [2.75, 3.05) is 19.7 Å². The Kier molecular flexibility index (Phi) is 5.45. The maximum absolute atomic E-state index is 13.0. The summed E-state index contributed by atoms with van der Waals surface area (Å²) in [5, 5.41) is 12.5. The lowest BCUT2D eigenvalue weighted by molar-refractivity contribution is -0.129. The Bertz CT molecular complexity index is 1090. The molecule has 4 rings (SSSR count). The van der Waals surface area contributed by atoms with Crippen molar-refractivity contribution in [3.05, 3.63) is 47.7 Å². The third kappa shape index (κ3) is 3.76. The number of nitrogens with one attached hydrogen (secondary N) is 1. The highest BCUT2D eigenvalue weighted by atomic mass is 16.5. The van der Waals surface area contributed by atoms with Gasteiger partial charge in [-0.2, -0.15) is 0 Å². The Labute approximate surface area is 173 Å². The summed E-state index contributed by atoms with van der Waals surface area (Å²) in [6.07, 6.45) is 4.06. The van der Waals surface area contributed by atoms with Crippen molar-refractivity contribution >= 4 is 22.8 Å². The van der Waals surface area contributed by atoms with Crippen molar-refractivity contribution in [1.82, 2.24) is 19.8 Å². The Morgan fingerprint density at radius 2 is 2.27 bits per heavy atom. The summed E-state index contributed by atoms with van der Waals surface area (Å²) in [7, 11) is 1.89. The van der Waals surface area contributed by atoms with E-state index >= 15 is 0 Å². The first-order valence-corrected chi connectivity index (χ1v) is 9.80. The van der Waals surface area contributed by atoms with Crippen LogP contribution >= 0.6 is 0 Å². The molecule has 158 valence electrons. The number of aliphatic hydroxyl groups is 1. The lowest BCUT2D eigenvalue weighted by Crippen LogP contribution is -2.42. The molecule has 0 radical (unpaired) electrons. The maximum Gasteiger partial charge on any atom is 0.256 e. The van der Waals surface area contributed by atoms with E-state index in [1.54, 1.807) is 36.2 Å². The second kappa shape index (κ2) is 8.19. The molecule has 30 heavy (non-hydrogen) atoms. The van der Waals surface area contributed by atoms with Gasteiger partial charge in [-0.3, -0.25) is 9.59 Å².